The molecule has 4 heteroatoms. The number of hydrogen-bond acceptors (Lipinski definition) is 2. The van der Waals surface area contributed by atoms with Crippen LogP contribution in [0, 0.1) is 0 Å². The predicted molar refractivity (Wildman–Crippen MR) is 52.2 cm³/mol. The number of rotatable bonds is 1. The third-order valence-corrected chi connectivity index (χ3v) is 2.17. The molecule has 0 fully saturated rings. The first kappa shape index (κ1) is 8.56. The van der Waals surface area contributed by atoms with Gasteiger partial charge in [0.1, 0.15) is 0 Å². The summed E-state index contributed by atoms with van der Waals surface area (Å²) in [5.74, 6) is 0. The predicted octanol–water partition coefficient (Wildman–Crippen LogP) is 1.47. The van der Waals surface area contributed by atoms with Crippen LogP contribution >= 0.6 is 11.6 Å². The van der Waals surface area contributed by atoms with Crippen molar-refractivity contribution in [2.45, 2.75) is 5.18 Å². The first-order valence-electron chi connectivity index (χ1n) is 3.86. The highest BCUT2D eigenvalue weighted by Crippen LogP contribution is 2.26. The molecule has 0 aliphatic heterocycles. The summed E-state index contributed by atoms with van der Waals surface area (Å²) in [6.07, 6.45) is 1.77. The van der Waals surface area contributed by atoms with Crippen molar-refractivity contribution < 1.29 is 5.11 Å². The molecule has 13 heavy (non-hydrogen) atoms. The lowest BCUT2D eigenvalue weighted by atomic mass is 10.1. The van der Waals surface area contributed by atoms with Gasteiger partial charge in [0, 0.05) is 11.8 Å². The number of hydrogen-bond donors (Lipinski definition) is 3. The van der Waals surface area contributed by atoms with Gasteiger partial charge in [0.2, 0.25) is 5.18 Å². The van der Waals surface area contributed by atoms with Crippen molar-refractivity contribution in [3.63, 3.8) is 0 Å². The standard InChI is InChI=1S/C9H9ClN2O/c10-9(11,13)7-3-1-2-6-4-5-12-8(6)7/h1-5,12-13H,11H2. The fraction of sp³-hybridized carbons (Fsp3) is 0.111. The van der Waals surface area contributed by atoms with Gasteiger partial charge in [-0.15, -0.1) is 0 Å². The second-order valence-electron chi connectivity index (χ2n) is 2.92. The molecule has 2 aromatic rings. The molecule has 0 amide bonds. The van der Waals surface area contributed by atoms with E-state index in [2.05, 4.69) is 4.98 Å². The molecule has 0 saturated heterocycles. The molecule has 0 saturated carbocycles. The number of aromatic nitrogens is 1. The van der Waals surface area contributed by atoms with E-state index < -0.39 is 5.18 Å². The Kier molecular flexibility index (Phi) is 1.80. The maximum absolute atomic E-state index is 9.43. The van der Waals surface area contributed by atoms with Crippen LogP contribution < -0.4 is 5.73 Å². The van der Waals surface area contributed by atoms with Gasteiger partial charge in [-0.25, -0.2) is 0 Å². The van der Waals surface area contributed by atoms with Gasteiger partial charge in [-0.05, 0) is 11.5 Å². The molecule has 1 unspecified atom stereocenters. The molecule has 0 radical (unpaired) electrons. The fourth-order valence-corrected chi connectivity index (χ4v) is 1.53. The number of aromatic amines is 1. The molecular weight excluding hydrogens is 188 g/mol. The summed E-state index contributed by atoms with van der Waals surface area (Å²) in [6.45, 7) is 0. The number of alkyl halides is 1. The lowest BCUT2D eigenvalue weighted by Gasteiger charge is -2.15. The highest BCUT2D eigenvalue weighted by Gasteiger charge is 2.22. The van der Waals surface area contributed by atoms with Gasteiger partial charge in [-0.1, -0.05) is 29.8 Å². The topological polar surface area (TPSA) is 62.0 Å². The van der Waals surface area contributed by atoms with Crippen LogP contribution in [0.3, 0.4) is 0 Å². The molecule has 4 N–H and O–H groups in total. The molecule has 3 nitrogen and oxygen atoms in total. The van der Waals surface area contributed by atoms with Crippen LogP contribution in [-0.2, 0) is 5.18 Å². The number of benzene rings is 1. The molecule has 0 spiro atoms. The Morgan fingerprint density at radius 3 is 2.85 bits per heavy atom. The fourth-order valence-electron chi connectivity index (χ4n) is 1.38. The van der Waals surface area contributed by atoms with Gasteiger partial charge in [-0.3, -0.25) is 5.73 Å². The molecular formula is C9H9ClN2O. The smallest absolute Gasteiger partial charge is 0.220 e. The molecule has 1 heterocycles. The number of halogens is 1. The van der Waals surface area contributed by atoms with E-state index in [-0.39, 0.29) is 0 Å². The summed E-state index contributed by atoms with van der Waals surface area (Å²) in [5.41, 5.74) is 6.63. The summed E-state index contributed by atoms with van der Waals surface area (Å²) < 4.78 is 0. The molecule has 1 aromatic carbocycles. The lowest BCUT2D eigenvalue weighted by molar-refractivity contribution is 0.138. The molecule has 0 aliphatic rings. The van der Waals surface area contributed by atoms with Gasteiger partial charge < -0.3 is 10.1 Å². The number of nitrogens with two attached hydrogens (primary N) is 1. The van der Waals surface area contributed by atoms with Crippen LogP contribution in [0.4, 0.5) is 0 Å². The van der Waals surface area contributed by atoms with Crippen molar-refractivity contribution >= 4 is 22.5 Å². The summed E-state index contributed by atoms with van der Waals surface area (Å²) in [4.78, 5) is 2.97. The van der Waals surface area contributed by atoms with E-state index in [4.69, 9.17) is 17.3 Å². The van der Waals surface area contributed by atoms with Crippen LogP contribution in [0.2, 0.25) is 0 Å². The average Bonchev–Trinajstić information content (AvgIpc) is 2.48. The SMILES string of the molecule is NC(O)(Cl)c1cccc2cc[nH]c12. The number of aliphatic hydroxyl groups is 1. The Balaban J connectivity index is 2.75. The number of para-hydroxylation sites is 1. The molecule has 68 valence electrons. The van der Waals surface area contributed by atoms with Crippen LogP contribution in [0.25, 0.3) is 10.9 Å². The zero-order valence-corrected chi connectivity index (χ0v) is 7.55. The minimum Gasteiger partial charge on any atom is -0.361 e. The quantitative estimate of drug-likeness (QED) is 0.368. The van der Waals surface area contributed by atoms with Crippen LogP contribution in [0.15, 0.2) is 30.5 Å². The number of H-pyrrole nitrogens is 1. The van der Waals surface area contributed by atoms with Crippen molar-refractivity contribution in [3.05, 3.63) is 36.0 Å². The zero-order valence-electron chi connectivity index (χ0n) is 6.79. The van der Waals surface area contributed by atoms with Gasteiger partial charge in [0.25, 0.3) is 0 Å². The monoisotopic (exact) mass is 196 g/mol. The van der Waals surface area contributed by atoms with E-state index in [0.29, 0.717) is 5.56 Å². The first-order chi connectivity index (χ1) is 6.09. The summed E-state index contributed by atoms with van der Waals surface area (Å²) >= 11 is 5.61. The summed E-state index contributed by atoms with van der Waals surface area (Å²) in [5, 5.41) is 8.59. The van der Waals surface area contributed by atoms with Crippen molar-refractivity contribution in [2.75, 3.05) is 0 Å². The van der Waals surface area contributed by atoms with E-state index >= 15 is 0 Å². The van der Waals surface area contributed by atoms with Gasteiger partial charge in [-0.2, -0.15) is 0 Å². The maximum Gasteiger partial charge on any atom is 0.220 e. The van der Waals surface area contributed by atoms with Crippen LogP contribution in [0.1, 0.15) is 5.56 Å². The Morgan fingerprint density at radius 2 is 2.15 bits per heavy atom. The highest BCUT2D eigenvalue weighted by atomic mass is 35.5. The Morgan fingerprint density at radius 1 is 1.38 bits per heavy atom. The van der Waals surface area contributed by atoms with Crippen molar-refractivity contribution in [2.24, 2.45) is 5.73 Å². The Labute approximate surface area is 80.1 Å². The minimum atomic E-state index is -1.82. The minimum absolute atomic E-state index is 0.483. The van der Waals surface area contributed by atoms with Gasteiger partial charge >= 0.3 is 0 Å². The van der Waals surface area contributed by atoms with Gasteiger partial charge in [0.15, 0.2) is 0 Å². The highest BCUT2D eigenvalue weighted by molar-refractivity contribution is 6.23. The summed E-state index contributed by atoms with van der Waals surface area (Å²) in [6, 6.07) is 7.29. The van der Waals surface area contributed by atoms with Crippen molar-refractivity contribution in [1.29, 1.82) is 0 Å². The van der Waals surface area contributed by atoms with Gasteiger partial charge in [0.05, 0.1) is 5.52 Å². The van der Waals surface area contributed by atoms with Crippen LogP contribution in [-0.4, -0.2) is 10.1 Å². The molecule has 1 atom stereocenters. The number of nitrogens with one attached hydrogen (secondary N) is 1. The average molecular weight is 197 g/mol. The lowest BCUT2D eigenvalue weighted by Crippen LogP contribution is -2.29. The van der Waals surface area contributed by atoms with E-state index in [9.17, 15) is 5.11 Å². The summed E-state index contributed by atoms with van der Waals surface area (Å²) in [7, 11) is 0. The first-order valence-corrected chi connectivity index (χ1v) is 4.23. The van der Waals surface area contributed by atoms with Crippen molar-refractivity contribution in [3.8, 4) is 0 Å². The maximum atomic E-state index is 9.43. The Bertz CT molecular complexity index is 430. The largest absolute Gasteiger partial charge is 0.361 e. The third-order valence-electron chi connectivity index (χ3n) is 1.97. The van der Waals surface area contributed by atoms with E-state index in [0.717, 1.165) is 10.9 Å². The number of fused-ring (bicyclic) bond motifs is 1. The normalized spacial score (nSPS) is 15.9. The second-order valence-corrected chi connectivity index (χ2v) is 3.50. The molecule has 0 aliphatic carbocycles. The molecule has 0 bridgehead atoms. The third kappa shape index (κ3) is 1.42. The zero-order chi connectivity index (χ0) is 9.47. The molecule has 1 aromatic heterocycles. The van der Waals surface area contributed by atoms with Crippen LogP contribution in [0.5, 0.6) is 0 Å². The Hall–Kier alpha value is -1.03. The van der Waals surface area contributed by atoms with Crippen molar-refractivity contribution in [1.82, 2.24) is 4.98 Å². The van der Waals surface area contributed by atoms with E-state index in [1.165, 1.54) is 0 Å². The second kappa shape index (κ2) is 2.73. The van der Waals surface area contributed by atoms with E-state index in [1.54, 1.807) is 18.3 Å². The van der Waals surface area contributed by atoms with E-state index in [1.807, 2.05) is 12.1 Å². The molecule has 2 rings (SSSR count).